The number of aliphatic hydroxyl groups excluding tert-OH is 1. The molecule has 0 fully saturated rings. The van der Waals surface area contributed by atoms with Crippen LogP contribution in [-0.4, -0.2) is 34.0 Å². The lowest BCUT2D eigenvalue weighted by Gasteiger charge is -2.07. The molecule has 0 aliphatic carbocycles. The molecular weight excluding hydrogens is 288 g/mol. The summed E-state index contributed by atoms with van der Waals surface area (Å²) in [5, 5.41) is 9.92. The number of ether oxygens (including phenoxy) is 1. The lowest BCUT2D eigenvalue weighted by molar-refractivity contribution is 0.0969. The summed E-state index contributed by atoms with van der Waals surface area (Å²) in [4.78, 5) is 4.04. The van der Waals surface area contributed by atoms with Gasteiger partial charge in [0.25, 0.3) is 0 Å². The lowest BCUT2D eigenvalue weighted by atomic mass is 10.1. The molecule has 0 amide bonds. The highest BCUT2D eigenvalue weighted by Gasteiger charge is 1.99. The van der Waals surface area contributed by atoms with Crippen LogP contribution in [0.15, 0.2) is 49.1 Å². The number of imidazole rings is 1. The van der Waals surface area contributed by atoms with Crippen molar-refractivity contribution in [2.75, 3.05) is 13.2 Å². The van der Waals surface area contributed by atoms with Gasteiger partial charge in [0.1, 0.15) is 0 Å². The predicted octanol–water partition coefficient (Wildman–Crippen LogP) is 3.51. The summed E-state index contributed by atoms with van der Waals surface area (Å²) in [6, 6.07) is 8.32. The van der Waals surface area contributed by atoms with Gasteiger partial charge in [0, 0.05) is 38.6 Å². The normalized spacial score (nSPS) is 12.8. The van der Waals surface area contributed by atoms with Gasteiger partial charge in [0.15, 0.2) is 0 Å². The molecule has 1 N–H and O–H groups in total. The first-order chi connectivity index (χ1) is 11.3. The number of hydrogen-bond acceptors (Lipinski definition) is 3. The van der Waals surface area contributed by atoms with Gasteiger partial charge in [-0.3, -0.25) is 0 Å². The Morgan fingerprint density at radius 1 is 1.26 bits per heavy atom. The molecule has 4 nitrogen and oxygen atoms in total. The predicted molar refractivity (Wildman–Crippen MR) is 93.2 cm³/mol. The molecule has 1 aromatic carbocycles. The summed E-state index contributed by atoms with van der Waals surface area (Å²) in [6.07, 6.45) is 11.7. The fourth-order valence-corrected chi connectivity index (χ4v) is 2.20. The molecule has 0 saturated carbocycles. The van der Waals surface area contributed by atoms with Gasteiger partial charge in [0.05, 0.1) is 12.4 Å². The standard InChI is InChI=1S/C19H26N2O2/c1-2-3-13-23-14-10-19(22)9-8-17-4-6-18(7-5-17)15-21-12-11-20-16-21/h4-9,11-12,16,19,22H,2-3,10,13-15H2,1H3/b9-8+. The Hall–Kier alpha value is -1.91. The number of aliphatic hydroxyl groups is 1. The van der Waals surface area contributed by atoms with Crippen LogP contribution in [0.3, 0.4) is 0 Å². The smallest absolute Gasteiger partial charge is 0.0949 e. The van der Waals surface area contributed by atoms with E-state index in [-0.39, 0.29) is 0 Å². The van der Waals surface area contributed by atoms with Crippen LogP contribution < -0.4 is 0 Å². The maximum Gasteiger partial charge on any atom is 0.0949 e. The largest absolute Gasteiger partial charge is 0.389 e. The van der Waals surface area contributed by atoms with Crippen LogP contribution in [0, 0.1) is 0 Å². The third-order valence-corrected chi connectivity index (χ3v) is 3.62. The Balaban J connectivity index is 1.73. The van der Waals surface area contributed by atoms with Crippen molar-refractivity contribution in [2.45, 2.75) is 38.8 Å². The van der Waals surface area contributed by atoms with Gasteiger partial charge in [0.2, 0.25) is 0 Å². The van der Waals surface area contributed by atoms with Gasteiger partial charge in [-0.15, -0.1) is 0 Å². The summed E-state index contributed by atoms with van der Waals surface area (Å²) in [5.41, 5.74) is 2.32. The fourth-order valence-electron chi connectivity index (χ4n) is 2.20. The summed E-state index contributed by atoms with van der Waals surface area (Å²) >= 11 is 0. The zero-order chi connectivity index (χ0) is 16.3. The van der Waals surface area contributed by atoms with Crippen LogP contribution in [0.4, 0.5) is 0 Å². The van der Waals surface area contributed by atoms with Crippen molar-refractivity contribution >= 4 is 6.08 Å². The molecule has 2 aromatic rings. The van der Waals surface area contributed by atoms with Crippen LogP contribution in [0.2, 0.25) is 0 Å². The van der Waals surface area contributed by atoms with E-state index in [1.165, 1.54) is 5.56 Å². The number of aromatic nitrogens is 2. The van der Waals surface area contributed by atoms with Crippen molar-refractivity contribution in [3.05, 3.63) is 60.2 Å². The van der Waals surface area contributed by atoms with E-state index in [4.69, 9.17) is 4.74 Å². The second-order valence-corrected chi connectivity index (χ2v) is 5.66. The quantitative estimate of drug-likeness (QED) is 0.683. The molecule has 23 heavy (non-hydrogen) atoms. The average molecular weight is 314 g/mol. The monoisotopic (exact) mass is 314 g/mol. The third-order valence-electron chi connectivity index (χ3n) is 3.62. The van der Waals surface area contributed by atoms with Gasteiger partial charge in [-0.05, 0) is 17.5 Å². The number of unbranched alkanes of at least 4 members (excludes halogenated alkanes) is 1. The maximum atomic E-state index is 9.92. The highest BCUT2D eigenvalue weighted by Crippen LogP contribution is 2.09. The molecule has 0 aliphatic rings. The van der Waals surface area contributed by atoms with Gasteiger partial charge in [-0.2, -0.15) is 0 Å². The summed E-state index contributed by atoms with van der Waals surface area (Å²) < 4.78 is 7.50. The maximum absolute atomic E-state index is 9.92. The zero-order valence-corrected chi connectivity index (χ0v) is 13.8. The summed E-state index contributed by atoms with van der Waals surface area (Å²) in [5.74, 6) is 0. The molecule has 2 rings (SSSR count). The number of nitrogens with zero attached hydrogens (tertiary/aromatic N) is 2. The SMILES string of the molecule is CCCCOCCC(O)/C=C/c1ccc(Cn2ccnc2)cc1. The third kappa shape index (κ3) is 6.80. The molecule has 4 heteroatoms. The van der Waals surface area contributed by atoms with E-state index in [0.29, 0.717) is 13.0 Å². The van der Waals surface area contributed by atoms with Crippen molar-refractivity contribution in [1.29, 1.82) is 0 Å². The van der Waals surface area contributed by atoms with Crippen LogP contribution in [-0.2, 0) is 11.3 Å². The van der Waals surface area contributed by atoms with E-state index >= 15 is 0 Å². The number of hydrogen-bond donors (Lipinski definition) is 1. The lowest BCUT2D eigenvalue weighted by Crippen LogP contribution is -2.07. The Bertz CT molecular complexity index is 562. The van der Waals surface area contributed by atoms with Crippen molar-refractivity contribution in [1.82, 2.24) is 9.55 Å². The van der Waals surface area contributed by atoms with Crippen LogP contribution in [0.1, 0.15) is 37.3 Å². The van der Waals surface area contributed by atoms with Crippen LogP contribution in [0.25, 0.3) is 6.08 Å². The highest BCUT2D eigenvalue weighted by molar-refractivity contribution is 5.50. The van der Waals surface area contributed by atoms with Gasteiger partial charge in [-0.1, -0.05) is 49.8 Å². The van der Waals surface area contributed by atoms with Crippen molar-refractivity contribution in [3.8, 4) is 0 Å². The van der Waals surface area contributed by atoms with Crippen LogP contribution >= 0.6 is 0 Å². The van der Waals surface area contributed by atoms with Gasteiger partial charge < -0.3 is 14.4 Å². The molecule has 0 aliphatic heterocycles. The van der Waals surface area contributed by atoms with Crippen molar-refractivity contribution < 1.29 is 9.84 Å². The molecule has 0 radical (unpaired) electrons. The Kier molecular flexibility index (Phi) is 7.57. The molecule has 0 saturated heterocycles. The van der Waals surface area contributed by atoms with E-state index in [9.17, 15) is 5.11 Å². The molecule has 1 aromatic heterocycles. The average Bonchev–Trinajstić information content (AvgIpc) is 3.07. The molecule has 1 heterocycles. The minimum atomic E-state index is -0.456. The molecule has 1 atom stereocenters. The first-order valence-corrected chi connectivity index (χ1v) is 8.26. The summed E-state index contributed by atoms with van der Waals surface area (Å²) in [7, 11) is 0. The Labute approximate surface area is 138 Å². The molecule has 124 valence electrons. The molecule has 0 bridgehead atoms. The molecule has 1 unspecified atom stereocenters. The topological polar surface area (TPSA) is 47.3 Å². The minimum absolute atomic E-state index is 0.456. The first kappa shape index (κ1) is 17.4. The van der Waals surface area contributed by atoms with Gasteiger partial charge >= 0.3 is 0 Å². The fraction of sp³-hybridized carbons (Fsp3) is 0.421. The van der Waals surface area contributed by atoms with Crippen LogP contribution in [0.5, 0.6) is 0 Å². The highest BCUT2D eigenvalue weighted by atomic mass is 16.5. The van der Waals surface area contributed by atoms with Crippen molar-refractivity contribution in [3.63, 3.8) is 0 Å². The van der Waals surface area contributed by atoms with E-state index in [1.54, 1.807) is 6.20 Å². The van der Waals surface area contributed by atoms with E-state index in [0.717, 1.165) is 31.6 Å². The Morgan fingerprint density at radius 2 is 2.09 bits per heavy atom. The molecular formula is C19H26N2O2. The first-order valence-electron chi connectivity index (χ1n) is 8.26. The second kappa shape index (κ2) is 9.98. The summed E-state index contributed by atoms with van der Waals surface area (Å²) in [6.45, 7) is 4.35. The number of benzene rings is 1. The van der Waals surface area contributed by atoms with Crippen molar-refractivity contribution in [2.24, 2.45) is 0 Å². The van der Waals surface area contributed by atoms with Gasteiger partial charge in [-0.25, -0.2) is 4.98 Å². The zero-order valence-electron chi connectivity index (χ0n) is 13.8. The van der Waals surface area contributed by atoms with E-state index < -0.39 is 6.10 Å². The second-order valence-electron chi connectivity index (χ2n) is 5.66. The minimum Gasteiger partial charge on any atom is -0.389 e. The number of rotatable bonds is 10. The molecule has 0 spiro atoms. The Morgan fingerprint density at radius 3 is 2.78 bits per heavy atom. The van der Waals surface area contributed by atoms with E-state index in [1.807, 2.05) is 29.2 Å². The van der Waals surface area contributed by atoms with E-state index in [2.05, 4.69) is 36.2 Å².